The van der Waals surface area contributed by atoms with Crippen molar-refractivity contribution in [2.45, 2.75) is 31.5 Å². The zero-order chi connectivity index (χ0) is 14.6. The van der Waals surface area contributed by atoms with Crippen LogP contribution in [0.1, 0.15) is 30.9 Å². The summed E-state index contributed by atoms with van der Waals surface area (Å²) in [5.41, 5.74) is 3.51. The number of nitrogens with one attached hydrogen (secondary N) is 1. The summed E-state index contributed by atoms with van der Waals surface area (Å²) in [6.45, 7) is 0. The Bertz CT molecular complexity index is 566. The quantitative estimate of drug-likeness (QED) is 0.640. The Morgan fingerprint density at radius 3 is 2.40 bits per heavy atom. The average Bonchev–Trinajstić information content (AvgIpc) is 2.42. The molecule has 0 saturated heterocycles. The van der Waals surface area contributed by atoms with Gasteiger partial charge in [0.25, 0.3) is 0 Å². The highest BCUT2D eigenvalue weighted by Gasteiger charge is 2.26. The molecule has 0 saturated carbocycles. The van der Waals surface area contributed by atoms with Crippen molar-refractivity contribution in [2.75, 3.05) is 0 Å². The molecular weight excluding hydrogens is 265 g/mol. The third-order valence-corrected chi connectivity index (χ3v) is 3.33. The lowest BCUT2D eigenvalue weighted by atomic mass is 9.98. The van der Waals surface area contributed by atoms with E-state index in [2.05, 4.69) is 5.43 Å². The van der Waals surface area contributed by atoms with E-state index in [0.717, 1.165) is 16.3 Å². The van der Waals surface area contributed by atoms with Gasteiger partial charge in [0, 0.05) is 12.5 Å². The van der Waals surface area contributed by atoms with E-state index >= 15 is 0 Å². The third kappa shape index (κ3) is 3.95. The molecule has 0 bridgehead atoms. The van der Waals surface area contributed by atoms with E-state index in [1.54, 1.807) is 0 Å². The van der Waals surface area contributed by atoms with Crippen molar-refractivity contribution in [2.24, 2.45) is 5.84 Å². The van der Waals surface area contributed by atoms with Crippen LogP contribution in [0.25, 0.3) is 10.8 Å². The molecule has 0 aliphatic rings. The second-order valence-electron chi connectivity index (χ2n) is 4.83. The van der Waals surface area contributed by atoms with Gasteiger partial charge in [0.1, 0.15) is 0 Å². The molecule has 0 heterocycles. The number of hydrogen-bond donors (Lipinski definition) is 2. The van der Waals surface area contributed by atoms with Gasteiger partial charge >= 0.3 is 6.18 Å². The van der Waals surface area contributed by atoms with Gasteiger partial charge in [-0.05, 0) is 35.2 Å². The normalized spacial score (nSPS) is 13.6. The zero-order valence-corrected chi connectivity index (χ0v) is 11.0. The third-order valence-electron chi connectivity index (χ3n) is 3.33. The van der Waals surface area contributed by atoms with Crippen LogP contribution < -0.4 is 11.3 Å². The zero-order valence-electron chi connectivity index (χ0n) is 11.0. The molecule has 2 nitrogen and oxygen atoms in total. The van der Waals surface area contributed by atoms with Gasteiger partial charge in [-0.2, -0.15) is 13.2 Å². The first-order valence-corrected chi connectivity index (χ1v) is 6.51. The van der Waals surface area contributed by atoms with E-state index in [1.807, 2.05) is 42.5 Å². The van der Waals surface area contributed by atoms with Crippen LogP contribution in [-0.2, 0) is 0 Å². The number of hydrazine groups is 1. The number of hydrogen-bond acceptors (Lipinski definition) is 2. The predicted molar refractivity (Wildman–Crippen MR) is 73.9 cm³/mol. The van der Waals surface area contributed by atoms with Crippen LogP contribution in [0.2, 0.25) is 0 Å². The highest BCUT2D eigenvalue weighted by Crippen LogP contribution is 2.27. The van der Waals surface area contributed by atoms with Gasteiger partial charge in [0.2, 0.25) is 0 Å². The molecular formula is C15H17F3N2. The number of rotatable bonds is 5. The lowest BCUT2D eigenvalue weighted by Gasteiger charge is -2.17. The second kappa shape index (κ2) is 6.24. The standard InChI is InChI=1S/C15H17F3N2/c16-15(17,18)9-3-6-14(20-19)13-8-7-11-4-1-2-5-12(11)10-13/h1-2,4-5,7-8,10,14,20H,3,6,9,19H2. The summed E-state index contributed by atoms with van der Waals surface area (Å²) in [5.74, 6) is 5.47. The summed E-state index contributed by atoms with van der Waals surface area (Å²) in [6.07, 6.45) is -4.47. The van der Waals surface area contributed by atoms with Crippen molar-refractivity contribution in [3.8, 4) is 0 Å². The molecule has 20 heavy (non-hydrogen) atoms. The Morgan fingerprint density at radius 1 is 1.05 bits per heavy atom. The second-order valence-corrected chi connectivity index (χ2v) is 4.83. The molecule has 0 radical (unpaired) electrons. The molecule has 5 heteroatoms. The van der Waals surface area contributed by atoms with E-state index < -0.39 is 12.6 Å². The highest BCUT2D eigenvalue weighted by molar-refractivity contribution is 5.83. The van der Waals surface area contributed by atoms with Crippen LogP contribution in [0.15, 0.2) is 42.5 Å². The number of fused-ring (bicyclic) bond motifs is 1. The van der Waals surface area contributed by atoms with Crippen LogP contribution in [-0.4, -0.2) is 6.18 Å². The smallest absolute Gasteiger partial charge is 0.271 e. The molecule has 0 amide bonds. The molecule has 0 aliphatic carbocycles. The number of benzene rings is 2. The minimum Gasteiger partial charge on any atom is -0.271 e. The first-order valence-electron chi connectivity index (χ1n) is 6.51. The van der Waals surface area contributed by atoms with Gasteiger partial charge in [-0.15, -0.1) is 0 Å². The SMILES string of the molecule is NNC(CCCC(F)(F)F)c1ccc2ccccc2c1. The van der Waals surface area contributed by atoms with Crippen molar-refractivity contribution in [1.82, 2.24) is 5.43 Å². The Hall–Kier alpha value is -1.59. The maximum absolute atomic E-state index is 12.2. The maximum atomic E-state index is 12.2. The molecule has 2 rings (SSSR count). The van der Waals surface area contributed by atoms with Gasteiger partial charge in [-0.25, -0.2) is 0 Å². The summed E-state index contributed by atoms with van der Waals surface area (Å²) < 4.78 is 36.5. The van der Waals surface area contributed by atoms with Crippen molar-refractivity contribution in [3.05, 3.63) is 48.0 Å². The minimum absolute atomic E-state index is 0.0607. The summed E-state index contributed by atoms with van der Waals surface area (Å²) in [6, 6.07) is 13.4. The van der Waals surface area contributed by atoms with E-state index in [4.69, 9.17) is 5.84 Å². The predicted octanol–water partition coefficient (Wildman–Crippen LogP) is 4.08. The Kier molecular flexibility index (Phi) is 4.62. The summed E-state index contributed by atoms with van der Waals surface area (Å²) in [5, 5.41) is 2.16. The molecule has 108 valence electrons. The Balaban J connectivity index is 2.09. The fraction of sp³-hybridized carbons (Fsp3) is 0.333. The number of halogens is 3. The molecule has 0 aromatic heterocycles. The fourth-order valence-electron chi connectivity index (χ4n) is 2.28. The van der Waals surface area contributed by atoms with Gasteiger partial charge < -0.3 is 0 Å². The summed E-state index contributed by atoms with van der Waals surface area (Å²) in [4.78, 5) is 0. The molecule has 0 spiro atoms. The van der Waals surface area contributed by atoms with Crippen LogP contribution in [0.5, 0.6) is 0 Å². The molecule has 0 fully saturated rings. The lowest BCUT2D eigenvalue weighted by Crippen LogP contribution is -2.28. The first-order chi connectivity index (χ1) is 9.49. The lowest BCUT2D eigenvalue weighted by molar-refractivity contribution is -0.135. The van der Waals surface area contributed by atoms with Gasteiger partial charge in [-0.3, -0.25) is 11.3 Å². The molecule has 0 aliphatic heterocycles. The molecule has 2 aromatic carbocycles. The molecule has 3 N–H and O–H groups in total. The summed E-state index contributed by atoms with van der Waals surface area (Å²) in [7, 11) is 0. The minimum atomic E-state index is -4.11. The maximum Gasteiger partial charge on any atom is 0.389 e. The van der Waals surface area contributed by atoms with Crippen molar-refractivity contribution in [1.29, 1.82) is 0 Å². The Morgan fingerprint density at radius 2 is 1.75 bits per heavy atom. The van der Waals surface area contributed by atoms with Gasteiger partial charge in [0.15, 0.2) is 0 Å². The van der Waals surface area contributed by atoms with Crippen LogP contribution >= 0.6 is 0 Å². The van der Waals surface area contributed by atoms with Gasteiger partial charge in [-0.1, -0.05) is 36.4 Å². The average molecular weight is 282 g/mol. The van der Waals surface area contributed by atoms with Crippen LogP contribution in [0.4, 0.5) is 13.2 Å². The fourth-order valence-corrected chi connectivity index (χ4v) is 2.28. The van der Waals surface area contributed by atoms with Crippen molar-refractivity contribution >= 4 is 10.8 Å². The van der Waals surface area contributed by atoms with E-state index in [1.165, 1.54) is 0 Å². The van der Waals surface area contributed by atoms with E-state index in [9.17, 15) is 13.2 Å². The van der Waals surface area contributed by atoms with E-state index in [-0.39, 0.29) is 12.5 Å². The van der Waals surface area contributed by atoms with Crippen LogP contribution in [0.3, 0.4) is 0 Å². The first kappa shape index (κ1) is 14.8. The van der Waals surface area contributed by atoms with E-state index in [0.29, 0.717) is 6.42 Å². The van der Waals surface area contributed by atoms with Gasteiger partial charge in [0.05, 0.1) is 0 Å². The summed E-state index contributed by atoms with van der Waals surface area (Å²) >= 11 is 0. The van der Waals surface area contributed by atoms with Crippen LogP contribution in [0, 0.1) is 0 Å². The molecule has 2 aromatic rings. The van der Waals surface area contributed by atoms with Crippen molar-refractivity contribution < 1.29 is 13.2 Å². The number of alkyl halides is 3. The van der Waals surface area contributed by atoms with Crippen molar-refractivity contribution in [3.63, 3.8) is 0 Å². The highest BCUT2D eigenvalue weighted by atomic mass is 19.4. The molecule has 1 atom stereocenters. The molecule has 1 unspecified atom stereocenters. The Labute approximate surface area is 115 Å². The monoisotopic (exact) mass is 282 g/mol. The largest absolute Gasteiger partial charge is 0.389 e. The topological polar surface area (TPSA) is 38.0 Å². The number of nitrogens with two attached hydrogens (primary N) is 1.